The molecule has 1 unspecified atom stereocenters. The Kier molecular flexibility index (Phi) is 7.67. The van der Waals surface area contributed by atoms with Gasteiger partial charge in [0.05, 0.1) is 12.5 Å². The number of hydrogen-bond acceptors (Lipinski definition) is 6. The quantitative estimate of drug-likeness (QED) is 0.335. The molecule has 0 aromatic heterocycles. The predicted octanol–water partition coefficient (Wildman–Crippen LogP) is 3.66. The van der Waals surface area contributed by atoms with Gasteiger partial charge in [-0.1, -0.05) is 42.8 Å². The number of likely N-dealkylation sites (tertiary alicyclic amines) is 1. The van der Waals surface area contributed by atoms with Crippen molar-refractivity contribution in [3.8, 4) is 0 Å². The van der Waals surface area contributed by atoms with Gasteiger partial charge in [-0.15, -0.1) is 0 Å². The molecule has 1 aromatic rings. The van der Waals surface area contributed by atoms with E-state index in [1.165, 1.54) is 0 Å². The highest BCUT2D eigenvalue weighted by Crippen LogP contribution is 2.58. The minimum absolute atomic E-state index is 0.0127. The summed E-state index contributed by atoms with van der Waals surface area (Å²) >= 11 is 6.10. The molecule has 9 heteroatoms. The number of fused-ring (bicyclic) bond motifs is 2. The summed E-state index contributed by atoms with van der Waals surface area (Å²) in [5.74, 6) is -2.79. The molecular weight excluding hydrogens is 508 g/mol. The van der Waals surface area contributed by atoms with Crippen LogP contribution in [0.15, 0.2) is 48.6 Å². The SMILES string of the molecule is CC[C@]12/C=C\CCCCOC(=O)[C@H]1[C@H]1C(=O)N(CCCCO)C3C(=O)N(c4ccc(Cl)cc4)CC=C[C@@]31O2. The van der Waals surface area contributed by atoms with E-state index in [2.05, 4.69) is 0 Å². The molecule has 2 amide bonds. The highest BCUT2D eigenvalue weighted by atomic mass is 35.5. The third-order valence-electron chi connectivity index (χ3n) is 8.33. The fraction of sp³-hybridized carbons (Fsp3) is 0.552. The average Bonchev–Trinajstić information content (AvgIpc) is 3.26. The normalized spacial score (nSPS) is 33.9. The van der Waals surface area contributed by atoms with Crippen LogP contribution in [0.4, 0.5) is 5.69 Å². The number of hydrogen-bond donors (Lipinski definition) is 1. The van der Waals surface area contributed by atoms with Crippen LogP contribution in [0, 0.1) is 11.8 Å². The van der Waals surface area contributed by atoms with Crippen molar-refractivity contribution in [1.29, 1.82) is 0 Å². The summed E-state index contributed by atoms with van der Waals surface area (Å²) in [7, 11) is 0. The van der Waals surface area contributed by atoms with Gasteiger partial charge in [-0.2, -0.15) is 0 Å². The van der Waals surface area contributed by atoms with Crippen molar-refractivity contribution in [3.63, 3.8) is 0 Å². The number of benzene rings is 1. The Bertz CT molecular complexity index is 1140. The fourth-order valence-corrected chi connectivity index (χ4v) is 6.65. The van der Waals surface area contributed by atoms with E-state index < -0.39 is 35.0 Å². The van der Waals surface area contributed by atoms with Crippen molar-refractivity contribution in [3.05, 3.63) is 53.6 Å². The number of aliphatic hydroxyl groups is 1. The molecule has 4 aliphatic rings. The standard InChI is InChI=1S/C29H35ClN2O6/c1-2-28-14-5-3-4-8-19-37-27(36)23(28)22-25(34)32(16-6-7-18-33)24-26(35)31(17-9-15-29(22,24)38-28)21-12-10-20(30)11-13-21/h5,9-15,22-24,33H,2-4,6-8,16-19H2,1H3/b14-5-/t22-,23+,24?,28-,29-/m0/s1. The molecule has 8 nitrogen and oxygen atoms in total. The molecule has 4 heterocycles. The number of carbonyl (C=O) groups excluding carboxylic acids is 3. The van der Waals surface area contributed by atoms with E-state index >= 15 is 0 Å². The van der Waals surface area contributed by atoms with Gasteiger partial charge >= 0.3 is 5.97 Å². The van der Waals surface area contributed by atoms with E-state index in [0.717, 1.165) is 19.3 Å². The summed E-state index contributed by atoms with van der Waals surface area (Å²) in [5, 5.41) is 9.93. The molecule has 1 spiro atoms. The number of amides is 2. The zero-order chi connectivity index (χ0) is 26.9. The number of cyclic esters (lactones) is 1. The first-order chi connectivity index (χ1) is 18.4. The zero-order valence-corrected chi connectivity index (χ0v) is 22.4. The maximum atomic E-state index is 14.4. The lowest BCUT2D eigenvalue weighted by molar-refractivity contribution is -0.160. The van der Waals surface area contributed by atoms with Gasteiger partial charge in [-0.05, 0) is 62.8 Å². The van der Waals surface area contributed by atoms with Gasteiger partial charge in [0.25, 0.3) is 5.91 Å². The summed E-state index contributed by atoms with van der Waals surface area (Å²) < 4.78 is 12.6. The van der Waals surface area contributed by atoms with Crippen LogP contribution in [0.5, 0.6) is 0 Å². The molecular formula is C29H35ClN2O6. The number of nitrogens with zero attached hydrogens (tertiary/aromatic N) is 2. The Morgan fingerprint density at radius 3 is 2.55 bits per heavy atom. The Morgan fingerprint density at radius 2 is 1.82 bits per heavy atom. The molecule has 204 valence electrons. The number of carbonyl (C=O) groups is 3. The second-order valence-corrected chi connectivity index (χ2v) is 10.9. The molecule has 0 aliphatic carbocycles. The van der Waals surface area contributed by atoms with Crippen LogP contribution in [-0.4, -0.2) is 71.3 Å². The Labute approximate surface area is 228 Å². The summed E-state index contributed by atoms with van der Waals surface area (Å²) in [5.41, 5.74) is -1.73. The van der Waals surface area contributed by atoms with E-state index in [-0.39, 0.29) is 31.5 Å². The van der Waals surface area contributed by atoms with Crippen molar-refractivity contribution in [2.45, 2.75) is 62.7 Å². The largest absolute Gasteiger partial charge is 0.465 e. The van der Waals surface area contributed by atoms with Gasteiger partial charge in [-0.25, -0.2) is 0 Å². The molecule has 38 heavy (non-hydrogen) atoms. The highest BCUT2D eigenvalue weighted by molar-refractivity contribution is 6.30. The maximum Gasteiger partial charge on any atom is 0.313 e. The minimum Gasteiger partial charge on any atom is -0.465 e. The van der Waals surface area contributed by atoms with Crippen LogP contribution in [0.3, 0.4) is 0 Å². The smallest absolute Gasteiger partial charge is 0.313 e. The van der Waals surface area contributed by atoms with Gasteiger partial charge in [0.15, 0.2) is 0 Å². The van der Waals surface area contributed by atoms with Gasteiger partial charge in [0, 0.05) is 30.4 Å². The molecule has 1 N–H and O–H groups in total. The number of esters is 1. The van der Waals surface area contributed by atoms with Crippen LogP contribution in [0.25, 0.3) is 0 Å². The lowest BCUT2D eigenvalue weighted by Crippen LogP contribution is -2.56. The number of unbranched alkanes of at least 4 members (excludes halogenated alkanes) is 1. The molecule has 5 rings (SSSR count). The number of rotatable bonds is 6. The van der Waals surface area contributed by atoms with Crippen LogP contribution >= 0.6 is 11.6 Å². The van der Waals surface area contributed by atoms with E-state index in [4.69, 9.17) is 21.1 Å². The van der Waals surface area contributed by atoms with Crippen molar-refractivity contribution in [2.75, 3.05) is 31.2 Å². The topological polar surface area (TPSA) is 96.4 Å². The minimum atomic E-state index is -1.33. The lowest BCUT2D eigenvalue weighted by Gasteiger charge is -2.38. The van der Waals surface area contributed by atoms with Crippen LogP contribution in [0.2, 0.25) is 5.02 Å². The van der Waals surface area contributed by atoms with Crippen molar-refractivity contribution in [2.24, 2.45) is 11.8 Å². The zero-order valence-electron chi connectivity index (χ0n) is 21.7. The molecule has 4 aliphatic heterocycles. The van der Waals surface area contributed by atoms with Gasteiger partial charge in [0.1, 0.15) is 23.2 Å². The number of halogens is 1. The predicted molar refractivity (Wildman–Crippen MR) is 143 cm³/mol. The second kappa shape index (κ2) is 10.8. The van der Waals surface area contributed by atoms with Crippen LogP contribution < -0.4 is 4.90 Å². The highest BCUT2D eigenvalue weighted by Gasteiger charge is 2.75. The Hall–Kier alpha value is -2.68. The van der Waals surface area contributed by atoms with Gasteiger partial charge in [0.2, 0.25) is 5.91 Å². The van der Waals surface area contributed by atoms with Gasteiger partial charge in [-0.3, -0.25) is 14.4 Å². The molecule has 2 saturated heterocycles. The molecule has 0 radical (unpaired) electrons. The number of anilines is 1. The molecule has 5 atom stereocenters. The number of ether oxygens (including phenoxy) is 2. The van der Waals surface area contributed by atoms with Crippen molar-refractivity contribution >= 4 is 35.1 Å². The average molecular weight is 543 g/mol. The Morgan fingerprint density at radius 1 is 1.03 bits per heavy atom. The second-order valence-electron chi connectivity index (χ2n) is 10.5. The van der Waals surface area contributed by atoms with Crippen molar-refractivity contribution < 1.29 is 29.0 Å². The third kappa shape index (κ3) is 4.36. The van der Waals surface area contributed by atoms with Gasteiger partial charge < -0.3 is 24.4 Å². The number of allylic oxidation sites excluding steroid dienone is 1. The summed E-state index contributed by atoms with van der Waals surface area (Å²) in [4.78, 5) is 45.4. The van der Waals surface area contributed by atoms with E-state index in [1.807, 2.05) is 31.2 Å². The van der Waals surface area contributed by atoms with E-state index in [0.29, 0.717) is 36.6 Å². The van der Waals surface area contributed by atoms with E-state index in [9.17, 15) is 19.5 Å². The molecule has 1 aromatic carbocycles. The monoisotopic (exact) mass is 542 g/mol. The lowest BCUT2D eigenvalue weighted by atomic mass is 9.73. The van der Waals surface area contributed by atoms with E-state index in [1.54, 1.807) is 34.1 Å². The van der Waals surface area contributed by atoms with Crippen LogP contribution in [-0.2, 0) is 23.9 Å². The molecule has 0 bridgehead atoms. The third-order valence-corrected chi connectivity index (χ3v) is 8.58. The van der Waals surface area contributed by atoms with Crippen molar-refractivity contribution in [1.82, 2.24) is 4.90 Å². The maximum absolute atomic E-state index is 14.4. The summed E-state index contributed by atoms with van der Waals surface area (Å²) in [6, 6.07) is 6.04. The first-order valence-corrected chi connectivity index (χ1v) is 14.0. The molecule has 0 saturated carbocycles. The van der Waals surface area contributed by atoms with Crippen LogP contribution in [0.1, 0.15) is 45.4 Å². The fourth-order valence-electron chi connectivity index (χ4n) is 6.52. The molecule has 2 fully saturated rings. The Balaban J connectivity index is 1.63. The first kappa shape index (κ1) is 26.9. The number of aliphatic hydroxyl groups excluding tert-OH is 1. The summed E-state index contributed by atoms with van der Waals surface area (Å²) in [6.07, 6.45) is 11.6. The summed E-state index contributed by atoms with van der Waals surface area (Å²) in [6.45, 7) is 2.78. The first-order valence-electron chi connectivity index (χ1n) is 13.6.